The lowest BCUT2D eigenvalue weighted by Gasteiger charge is -2.45. The van der Waals surface area contributed by atoms with E-state index >= 15 is 0 Å². The first-order valence-electron chi connectivity index (χ1n) is 10.2. The first-order chi connectivity index (χ1) is 12.7. The zero-order chi connectivity index (χ0) is 17.7. The standard InChI is InChI=1S/C21H28N2O3/c24-18-10-14-6-7-15(11-18)22(14)21(25)23-16-8-9-17(23)13-20(12-16)26-19-4-2-1-3-5-19/h1-5,14-18,20,24H,6-13H2/t14-,15+,16-,17+,18?,20?. The number of urea groups is 1. The third kappa shape index (κ3) is 2.77. The predicted molar refractivity (Wildman–Crippen MR) is 98.0 cm³/mol. The lowest BCUT2D eigenvalue weighted by Crippen LogP contribution is -2.58. The van der Waals surface area contributed by atoms with Crippen LogP contribution in [-0.4, -0.2) is 57.3 Å². The van der Waals surface area contributed by atoms with E-state index < -0.39 is 0 Å². The lowest BCUT2D eigenvalue weighted by molar-refractivity contribution is 0.0188. The Balaban J connectivity index is 1.28. The summed E-state index contributed by atoms with van der Waals surface area (Å²) in [4.78, 5) is 17.7. The molecule has 1 aromatic carbocycles. The summed E-state index contributed by atoms with van der Waals surface area (Å²) in [6.45, 7) is 0. The number of amides is 2. The maximum Gasteiger partial charge on any atom is 0.321 e. The van der Waals surface area contributed by atoms with E-state index in [0.717, 1.165) is 57.1 Å². The highest BCUT2D eigenvalue weighted by molar-refractivity contribution is 5.77. The molecule has 140 valence electrons. The molecule has 2 amide bonds. The summed E-state index contributed by atoms with van der Waals surface area (Å²) in [5.74, 6) is 0.930. The molecule has 5 nitrogen and oxygen atoms in total. The van der Waals surface area contributed by atoms with Crippen molar-refractivity contribution in [1.82, 2.24) is 9.80 Å². The van der Waals surface area contributed by atoms with Crippen LogP contribution in [0.15, 0.2) is 30.3 Å². The Labute approximate surface area is 154 Å². The van der Waals surface area contributed by atoms with E-state index in [1.165, 1.54) is 0 Å². The fraction of sp³-hybridized carbons (Fsp3) is 0.667. The van der Waals surface area contributed by atoms with Gasteiger partial charge < -0.3 is 19.6 Å². The summed E-state index contributed by atoms with van der Waals surface area (Å²) in [7, 11) is 0. The summed E-state index contributed by atoms with van der Waals surface area (Å²) < 4.78 is 6.19. The van der Waals surface area contributed by atoms with Crippen molar-refractivity contribution in [3.8, 4) is 5.75 Å². The molecule has 4 fully saturated rings. The molecule has 4 aliphatic heterocycles. The van der Waals surface area contributed by atoms with Gasteiger partial charge in [-0.1, -0.05) is 18.2 Å². The summed E-state index contributed by atoms with van der Waals surface area (Å²) in [5, 5.41) is 10.0. The quantitative estimate of drug-likeness (QED) is 0.886. The number of carbonyl (C=O) groups is 1. The van der Waals surface area contributed by atoms with E-state index in [1.54, 1.807) is 0 Å². The number of fused-ring (bicyclic) bond motifs is 4. The lowest BCUT2D eigenvalue weighted by atomic mass is 9.98. The van der Waals surface area contributed by atoms with Gasteiger partial charge in [-0.25, -0.2) is 4.79 Å². The van der Waals surface area contributed by atoms with Crippen molar-refractivity contribution in [2.75, 3.05) is 0 Å². The van der Waals surface area contributed by atoms with Gasteiger partial charge in [-0.2, -0.15) is 0 Å². The number of para-hydroxylation sites is 1. The van der Waals surface area contributed by atoms with Gasteiger partial charge in [-0.3, -0.25) is 0 Å². The maximum absolute atomic E-state index is 13.4. The van der Waals surface area contributed by atoms with E-state index in [-0.39, 0.29) is 30.3 Å². The van der Waals surface area contributed by atoms with Crippen LogP contribution in [-0.2, 0) is 0 Å². The highest BCUT2D eigenvalue weighted by Gasteiger charge is 2.50. The highest BCUT2D eigenvalue weighted by atomic mass is 16.5. The second kappa shape index (κ2) is 6.45. The number of ether oxygens (including phenoxy) is 1. The molecule has 4 saturated heterocycles. The Bertz CT molecular complexity index is 638. The number of aliphatic hydroxyl groups excluding tert-OH is 1. The van der Waals surface area contributed by atoms with E-state index in [1.807, 2.05) is 30.3 Å². The average Bonchev–Trinajstić information content (AvgIpc) is 3.06. The van der Waals surface area contributed by atoms with Crippen LogP contribution in [0.2, 0.25) is 0 Å². The third-order valence-electron chi connectivity index (χ3n) is 6.89. The Kier molecular flexibility index (Phi) is 4.07. The van der Waals surface area contributed by atoms with Crippen LogP contribution in [0.3, 0.4) is 0 Å². The molecule has 0 spiro atoms. The van der Waals surface area contributed by atoms with Crippen molar-refractivity contribution < 1.29 is 14.6 Å². The molecule has 26 heavy (non-hydrogen) atoms. The van der Waals surface area contributed by atoms with Crippen molar-refractivity contribution in [3.05, 3.63) is 30.3 Å². The Hall–Kier alpha value is -1.75. The second-order valence-corrected chi connectivity index (χ2v) is 8.52. The molecule has 5 heteroatoms. The molecule has 5 rings (SSSR count). The zero-order valence-corrected chi connectivity index (χ0v) is 15.2. The first-order valence-corrected chi connectivity index (χ1v) is 10.2. The normalized spacial score (nSPS) is 38.5. The Morgan fingerprint density at radius 3 is 1.88 bits per heavy atom. The minimum Gasteiger partial charge on any atom is -0.490 e. The molecule has 1 N–H and O–H groups in total. The van der Waals surface area contributed by atoms with E-state index in [0.29, 0.717) is 12.1 Å². The molecule has 0 radical (unpaired) electrons. The molecule has 4 bridgehead atoms. The Morgan fingerprint density at radius 2 is 1.35 bits per heavy atom. The maximum atomic E-state index is 13.4. The summed E-state index contributed by atoms with van der Waals surface area (Å²) in [6, 6.07) is 11.4. The second-order valence-electron chi connectivity index (χ2n) is 8.52. The molecular weight excluding hydrogens is 328 g/mol. The van der Waals surface area contributed by atoms with Crippen molar-refractivity contribution in [1.29, 1.82) is 0 Å². The first kappa shape index (κ1) is 16.4. The number of piperidine rings is 2. The topological polar surface area (TPSA) is 53.0 Å². The highest BCUT2D eigenvalue weighted by Crippen LogP contribution is 2.42. The molecule has 4 aliphatic rings. The number of benzene rings is 1. The predicted octanol–water partition coefficient (Wildman–Crippen LogP) is 3.17. The number of carbonyl (C=O) groups excluding carboxylic acids is 1. The molecule has 0 aromatic heterocycles. The van der Waals surface area contributed by atoms with Crippen LogP contribution in [0.25, 0.3) is 0 Å². The minimum absolute atomic E-state index is 0.207. The number of aliphatic hydroxyl groups is 1. The number of rotatable bonds is 2. The van der Waals surface area contributed by atoms with E-state index in [4.69, 9.17) is 4.74 Å². The van der Waals surface area contributed by atoms with Crippen molar-refractivity contribution in [2.45, 2.75) is 87.7 Å². The number of hydrogen-bond donors (Lipinski definition) is 1. The largest absolute Gasteiger partial charge is 0.490 e. The minimum atomic E-state index is -0.224. The third-order valence-corrected chi connectivity index (χ3v) is 6.89. The molecule has 6 atom stereocenters. The van der Waals surface area contributed by atoms with E-state index in [9.17, 15) is 9.90 Å². The van der Waals surface area contributed by atoms with Gasteiger partial charge in [-0.05, 0) is 50.7 Å². The van der Waals surface area contributed by atoms with Gasteiger partial charge in [0.2, 0.25) is 0 Å². The molecule has 1 aromatic rings. The fourth-order valence-corrected chi connectivity index (χ4v) is 5.82. The van der Waals surface area contributed by atoms with Crippen LogP contribution >= 0.6 is 0 Å². The smallest absolute Gasteiger partial charge is 0.321 e. The Morgan fingerprint density at radius 1 is 0.846 bits per heavy atom. The van der Waals surface area contributed by atoms with E-state index in [2.05, 4.69) is 9.80 Å². The van der Waals surface area contributed by atoms with Gasteiger partial charge in [0.15, 0.2) is 0 Å². The van der Waals surface area contributed by atoms with Crippen molar-refractivity contribution in [3.63, 3.8) is 0 Å². The SMILES string of the molecule is O=C(N1[C@@H]2CC[C@H]1CC(O)C2)N1[C@@H]2CC[C@H]1CC(Oc1ccccc1)C2. The zero-order valence-electron chi connectivity index (χ0n) is 15.2. The van der Waals surface area contributed by atoms with Gasteiger partial charge in [0.1, 0.15) is 11.9 Å². The summed E-state index contributed by atoms with van der Waals surface area (Å²) in [5.41, 5.74) is 0. The molecule has 0 saturated carbocycles. The van der Waals surface area contributed by atoms with Gasteiger partial charge in [0.25, 0.3) is 0 Å². The van der Waals surface area contributed by atoms with Gasteiger partial charge in [0, 0.05) is 37.0 Å². The summed E-state index contributed by atoms with van der Waals surface area (Å²) in [6.07, 6.45) is 7.65. The number of nitrogens with zero attached hydrogens (tertiary/aromatic N) is 2. The fourth-order valence-electron chi connectivity index (χ4n) is 5.82. The van der Waals surface area contributed by atoms with Gasteiger partial charge >= 0.3 is 6.03 Å². The van der Waals surface area contributed by atoms with Crippen LogP contribution in [0.5, 0.6) is 5.75 Å². The van der Waals surface area contributed by atoms with Crippen molar-refractivity contribution in [2.24, 2.45) is 0 Å². The van der Waals surface area contributed by atoms with Crippen molar-refractivity contribution >= 4 is 6.03 Å². The molecule has 4 heterocycles. The van der Waals surface area contributed by atoms with Crippen LogP contribution in [0.4, 0.5) is 4.79 Å². The molecule has 2 unspecified atom stereocenters. The number of hydrogen-bond acceptors (Lipinski definition) is 3. The molecular formula is C21H28N2O3. The van der Waals surface area contributed by atoms with Crippen LogP contribution < -0.4 is 4.74 Å². The monoisotopic (exact) mass is 356 g/mol. The molecule has 0 aliphatic carbocycles. The van der Waals surface area contributed by atoms with Gasteiger partial charge in [-0.15, -0.1) is 0 Å². The van der Waals surface area contributed by atoms with Crippen LogP contribution in [0, 0.1) is 0 Å². The summed E-state index contributed by atoms with van der Waals surface area (Å²) >= 11 is 0. The average molecular weight is 356 g/mol. The van der Waals surface area contributed by atoms with Crippen LogP contribution in [0.1, 0.15) is 51.4 Å². The van der Waals surface area contributed by atoms with Gasteiger partial charge in [0.05, 0.1) is 6.10 Å².